The minimum atomic E-state index is -0.896. The van der Waals surface area contributed by atoms with Gasteiger partial charge >= 0.3 is 5.97 Å². The van der Waals surface area contributed by atoms with Crippen molar-refractivity contribution in [3.8, 4) is 11.5 Å². The molecule has 0 radical (unpaired) electrons. The highest BCUT2D eigenvalue weighted by molar-refractivity contribution is 7.09. The van der Waals surface area contributed by atoms with E-state index >= 15 is 0 Å². The predicted octanol–water partition coefficient (Wildman–Crippen LogP) is 2.05. The fourth-order valence-electron chi connectivity index (χ4n) is 3.50. The monoisotopic (exact) mass is 374 g/mol. The van der Waals surface area contributed by atoms with Gasteiger partial charge in [-0.15, -0.1) is 11.3 Å². The van der Waals surface area contributed by atoms with E-state index in [2.05, 4.69) is 4.98 Å². The van der Waals surface area contributed by atoms with Gasteiger partial charge in [0.1, 0.15) is 0 Å². The van der Waals surface area contributed by atoms with Crippen molar-refractivity contribution in [2.75, 3.05) is 19.9 Å². The van der Waals surface area contributed by atoms with E-state index in [4.69, 9.17) is 9.47 Å². The summed E-state index contributed by atoms with van der Waals surface area (Å²) >= 11 is 1.50. The normalized spacial score (nSPS) is 21.2. The molecule has 2 aliphatic heterocycles. The van der Waals surface area contributed by atoms with E-state index in [1.54, 1.807) is 11.0 Å². The number of hydrogen-bond donors (Lipinski definition) is 1. The van der Waals surface area contributed by atoms with Gasteiger partial charge in [-0.05, 0) is 24.6 Å². The number of rotatable bonds is 4. The number of aliphatic carboxylic acids is 1. The fraction of sp³-hybridized carbons (Fsp3) is 0.389. The first kappa shape index (κ1) is 16.8. The second-order valence-corrected chi connectivity index (χ2v) is 7.56. The Hall–Kier alpha value is -2.61. The number of carboxylic acids is 1. The van der Waals surface area contributed by atoms with Gasteiger partial charge < -0.3 is 19.5 Å². The first-order chi connectivity index (χ1) is 12.5. The highest BCUT2D eigenvalue weighted by Gasteiger charge is 2.40. The first-order valence-corrected chi connectivity index (χ1v) is 9.20. The van der Waals surface area contributed by atoms with Crippen LogP contribution in [0.1, 0.15) is 22.2 Å². The lowest BCUT2D eigenvalue weighted by molar-refractivity contribution is -0.141. The molecular formula is C18H18N2O5S. The van der Waals surface area contributed by atoms with Gasteiger partial charge in [-0.25, -0.2) is 4.98 Å². The molecule has 7 nitrogen and oxygen atoms in total. The number of nitrogens with zero attached hydrogens (tertiary/aromatic N) is 2. The molecule has 4 rings (SSSR count). The van der Waals surface area contributed by atoms with Gasteiger partial charge in [0.05, 0.1) is 23.0 Å². The van der Waals surface area contributed by atoms with Crippen LogP contribution in [0.5, 0.6) is 11.5 Å². The molecule has 2 aliphatic rings. The Morgan fingerprint density at radius 3 is 2.85 bits per heavy atom. The third kappa shape index (κ3) is 3.12. The smallest absolute Gasteiger partial charge is 0.308 e. The number of aryl methyl sites for hydroxylation is 1. The van der Waals surface area contributed by atoms with Crippen LogP contribution in [0.15, 0.2) is 23.6 Å². The number of aromatic nitrogens is 1. The van der Waals surface area contributed by atoms with Gasteiger partial charge in [-0.3, -0.25) is 9.59 Å². The third-order valence-corrected chi connectivity index (χ3v) is 5.64. The van der Waals surface area contributed by atoms with Crippen molar-refractivity contribution in [2.45, 2.75) is 19.3 Å². The van der Waals surface area contributed by atoms with Crippen molar-refractivity contribution < 1.29 is 24.2 Å². The highest BCUT2D eigenvalue weighted by atomic mass is 32.1. The van der Waals surface area contributed by atoms with E-state index < -0.39 is 11.9 Å². The summed E-state index contributed by atoms with van der Waals surface area (Å²) in [6.07, 6.45) is 0.199. The van der Waals surface area contributed by atoms with Gasteiger partial charge in [0.25, 0.3) is 0 Å². The number of carbonyl (C=O) groups is 2. The number of thiazole rings is 1. The summed E-state index contributed by atoms with van der Waals surface area (Å²) in [5.41, 5.74) is 1.58. The SMILES string of the molecule is Cc1nc(CC(=O)N2C[C@H](C(=O)O)[C@@H](c3ccc4c(c3)OCO4)C2)cs1. The zero-order valence-corrected chi connectivity index (χ0v) is 15.0. The molecule has 8 heteroatoms. The number of amides is 1. The molecule has 0 spiro atoms. The lowest BCUT2D eigenvalue weighted by Crippen LogP contribution is -2.31. The van der Waals surface area contributed by atoms with Crippen molar-refractivity contribution in [1.29, 1.82) is 0 Å². The van der Waals surface area contributed by atoms with Crippen molar-refractivity contribution in [2.24, 2.45) is 5.92 Å². The van der Waals surface area contributed by atoms with E-state index in [9.17, 15) is 14.7 Å². The molecule has 26 heavy (non-hydrogen) atoms. The Balaban J connectivity index is 1.53. The van der Waals surface area contributed by atoms with Crippen LogP contribution in [0.4, 0.5) is 0 Å². The highest BCUT2D eigenvalue weighted by Crippen LogP contribution is 2.39. The standard InChI is InChI=1S/C18H18N2O5S/c1-10-19-12(8-26-10)5-17(21)20-6-13(14(7-20)18(22)23)11-2-3-15-16(4-11)25-9-24-15/h2-4,8,13-14H,5-7,9H2,1H3,(H,22,23)/t13-,14+/m1/s1. The minimum Gasteiger partial charge on any atom is -0.481 e. The summed E-state index contributed by atoms with van der Waals surface area (Å²) in [6, 6.07) is 5.46. The quantitative estimate of drug-likeness (QED) is 0.881. The molecule has 2 aromatic rings. The topological polar surface area (TPSA) is 89.0 Å². The Labute approximate surface area is 154 Å². The molecule has 3 heterocycles. The summed E-state index contributed by atoms with van der Waals surface area (Å²) in [7, 11) is 0. The van der Waals surface area contributed by atoms with Crippen LogP contribution in [0, 0.1) is 12.8 Å². The summed E-state index contributed by atoms with van der Waals surface area (Å²) in [5, 5.41) is 12.4. The third-order valence-electron chi connectivity index (χ3n) is 4.81. The lowest BCUT2D eigenvalue weighted by atomic mass is 9.89. The Morgan fingerprint density at radius 2 is 2.12 bits per heavy atom. The molecule has 136 valence electrons. The van der Waals surface area contributed by atoms with E-state index in [1.807, 2.05) is 24.4 Å². The van der Waals surface area contributed by atoms with Crippen molar-refractivity contribution in [1.82, 2.24) is 9.88 Å². The molecular weight excluding hydrogens is 356 g/mol. The fourth-order valence-corrected chi connectivity index (χ4v) is 4.11. The summed E-state index contributed by atoms with van der Waals surface area (Å²) in [4.78, 5) is 30.3. The second kappa shape index (κ2) is 6.60. The molecule has 1 amide bonds. The minimum absolute atomic E-state index is 0.0928. The van der Waals surface area contributed by atoms with E-state index in [1.165, 1.54) is 11.3 Å². The molecule has 1 N–H and O–H groups in total. The van der Waals surface area contributed by atoms with Crippen LogP contribution in [0.2, 0.25) is 0 Å². The summed E-state index contributed by atoms with van der Waals surface area (Å²) in [6.45, 7) is 2.64. The van der Waals surface area contributed by atoms with Gasteiger partial charge in [0.15, 0.2) is 11.5 Å². The van der Waals surface area contributed by atoms with Gasteiger partial charge in [0, 0.05) is 24.4 Å². The number of hydrogen-bond acceptors (Lipinski definition) is 6. The van der Waals surface area contributed by atoms with Crippen LogP contribution in [0.25, 0.3) is 0 Å². The average molecular weight is 374 g/mol. The molecule has 1 aromatic heterocycles. The summed E-state index contributed by atoms with van der Waals surface area (Å²) < 4.78 is 10.7. The average Bonchev–Trinajstić information content (AvgIpc) is 3.32. The second-order valence-electron chi connectivity index (χ2n) is 6.50. The van der Waals surface area contributed by atoms with Crippen LogP contribution < -0.4 is 9.47 Å². The van der Waals surface area contributed by atoms with Crippen LogP contribution in [-0.2, 0) is 16.0 Å². The Bertz CT molecular complexity index is 865. The predicted molar refractivity (Wildman–Crippen MR) is 93.6 cm³/mol. The Kier molecular flexibility index (Phi) is 4.28. The Morgan fingerprint density at radius 1 is 1.31 bits per heavy atom. The molecule has 0 bridgehead atoms. The van der Waals surface area contributed by atoms with Crippen LogP contribution in [0.3, 0.4) is 0 Å². The molecule has 0 unspecified atom stereocenters. The molecule has 1 fully saturated rings. The molecule has 0 aliphatic carbocycles. The number of carbonyl (C=O) groups excluding carboxylic acids is 1. The van der Waals surface area contributed by atoms with Crippen LogP contribution >= 0.6 is 11.3 Å². The lowest BCUT2D eigenvalue weighted by Gasteiger charge is -2.16. The molecule has 2 atom stereocenters. The zero-order valence-electron chi connectivity index (χ0n) is 14.2. The number of benzene rings is 1. The molecule has 1 aromatic carbocycles. The first-order valence-electron chi connectivity index (χ1n) is 8.32. The largest absolute Gasteiger partial charge is 0.481 e. The number of ether oxygens (including phenoxy) is 2. The number of likely N-dealkylation sites (tertiary alicyclic amines) is 1. The van der Waals surface area contributed by atoms with Crippen LogP contribution in [-0.4, -0.2) is 46.7 Å². The molecule has 1 saturated heterocycles. The van der Waals surface area contributed by atoms with Gasteiger partial charge in [-0.2, -0.15) is 0 Å². The number of carboxylic acid groups (broad SMARTS) is 1. The molecule has 0 saturated carbocycles. The van der Waals surface area contributed by atoms with Gasteiger partial charge in [-0.1, -0.05) is 6.07 Å². The van der Waals surface area contributed by atoms with Gasteiger partial charge in [0.2, 0.25) is 12.7 Å². The van der Waals surface area contributed by atoms with Crippen molar-refractivity contribution in [3.63, 3.8) is 0 Å². The maximum atomic E-state index is 12.6. The van der Waals surface area contributed by atoms with E-state index in [-0.39, 0.29) is 31.6 Å². The van der Waals surface area contributed by atoms with Crippen molar-refractivity contribution in [3.05, 3.63) is 39.8 Å². The summed E-state index contributed by atoms with van der Waals surface area (Å²) in [5.74, 6) is -0.628. The number of fused-ring (bicyclic) bond motifs is 1. The maximum absolute atomic E-state index is 12.6. The zero-order chi connectivity index (χ0) is 18.3. The van der Waals surface area contributed by atoms with Crippen molar-refractivity contribution >= 4 is 23.2 Å². The van der Waals surface area contributed by atoms with E-state index in [0.717, 1.165) is 16.3 Å². The maximum Gasteiger partial charge on any atom is 0.308 e. The van der Waals surface area contributed by atoms with E-state index in [0.29, 0.717) is 18.0 Å².